The summed E-state index contributed by atoms with van der Waals surface area (Å²) in [6.45, 7) is 2.29. The van der Waals surface area contributed by atoms with Crippen molar-refractivity contribution in [1.82, 2.24) is 0 Å². The van der Waals surface area contributed by atoms with Gasteiger partial charge >= 0.3 is 0 Å². The van der Waals surface area contributed by atoms with Crippen molar-refractivity contribution in [3.05, 3.63) is 0 Å². The van der Waals surface area contributed by atoms with E-state index in [0.29, 0.717) is 6.10 Å². The monoisotopic (exact) mass is 214 g/mol. The van der Waals surface area contributed by atoms with E-state index in [4.69, 9.17) is 14.6 Å². The minimum Gasteiger partial charge on any atom is -0.394 e. The maximum Gasteiger partial charge on any atom is 0.169 e. The van der Waals surface area contributed by atoms with Gasteiger partial charge in [0.05, 0.1) is 18.8 Å². The van der Waals surface area contributed by atoms with E-state index in [2.05, 4.69) is 6.92 Å². The van der Waals surface area contributed by atoms with Crippen molar-refractivity contribution >= 4 is 0 Å². The SMILES string of the molecule is CCC1CCCC2(CCCC(CO)O2)O1. The third-order valence-corrected chi connectivity index (χ3v) is 3.59. The van der Waals surface area contributed by atoms with Crippen LogP contribution in [-0.2, 0) is 9.47 Å². The van der Waals surface area contributed by atoms with Gasteiger partial charge in [0.2, 0.25) is 0 Å². The first kappa shape index (κ1) is 11.4. The highest BCUT2D eigenvalue weighted by atomic mass is 16.7. The van der Waals surface area contributed by atoms with Gasteiger partial charge < -0.3 is 14.6 Å². The highest BCUT2D eigenvalue weighted by Crippen LogP contribution is 2.39. The minimum absolute atomic E-state index is 0.00523. The Morgan fingerprint density at radius 1 is 1.13 bits per heavy atom. The fraction of sp³-hybridized carbons (Fsp3) is 1.00. The summed E-state index contributed by atoms with van der Waals surface area (Å²) in [6.07, 6.45) is 7.85. The Morgan fingerprint density at radius 3 is 2.33 bits per heavy atom. The molecule has 3 atom stereocenters. The molecule has 0 saturated carbocycles. The van der Waals surface area contributed by atoms with Crippen LogP contribution in [0, 0.1) is 0 Å². The molecule has 1 N–H and O–H groups in total. The first-order valence-corrected chi connectivity index (χ1v) is 6.24. The van der Waals surface area contributed by atoms with Gasteiger partial charge in [0.15, 0.2) is 5.79 Å². The van der Waals surface area contributed by atoms with Crippen LogP contribution in [-0.4, -0.2) is 29.7 Å². The van der Waals surface area contributed by atoms with E-state index in [-0.39, 0.29) is 18.5 Å². The van der Waals surface area contributed by atoms with Crippen molar-refractivity contribution in [2.75, 3.05) is 6.61 Å². The summed E-state index contributed by atoms with van der Waals surface area (Å²) in [4.78, 5) is 0. The third-order valence-electron chi connectivity index (χ3n) is 3.59. The Balaban J connectivity index is 1.98. The van der Waals surface area contributed by atoms with Crippen molar-refractivity contribution in [1.29, 1.82) is 0 Å². The average molecular weight is 214 g/mol. The molecule has 2 rings (SSSR count). The molecule has 2 aliphatic rings. The Bertz CT molecular complexity index is 183. The Kier molecular flexibility index (Phi) is 3.65. The molecule has 2 heterocycles. The molecule has 88 valence electrons. The topological polar surface area (TPSA) is 38.7 Å². The highest BCUT2D eigenvalue weighted by molar-refractivity contribution is 4.83. The molecule has 2 fully saturated rings. The lowest BCUT2D eigenvalue weighted by molar-refractivity contribution is -0.317. The molecule has 1 spiro atoms. The number of ether oxygens (including phenoxy) is 2. The van der Waals surface area contributed by atoms with Gasteiger partial charge in [0.25, 0.3) is 0 Å². The van der Waals surface area contributed by atoms with E-state index in [1.807, 2.05) is 0 Å². The maximum atomic E-state index is 9.15. The fourth-order valence-corrected chi connectivity index (χ4v) is 2.73. The second kappa shape index (κ2) is 4.81. The summed E-state index contributed by atoms with van der Waals surface area (Å²) in [5.41, 5.74) is 0. The Hall–Kier alpha value is -0.120. The quantitative estimate of drug-likeness (QED) is 0.766. The third kappa shape index (κ3) is 2.52. The number of hydrogen-bond acceptors (Lipinski definition) is 3. The zero-order valence-corrected chi connectivity index (χ0v) is 9.58. The number of rotatable bonds is 2. The van der Waals surface area contributed by atoms with Gasteiger partial charge in [-0.05, 0) is 32.1 Å². The molecular formula is C12H22O3. The molecule has 0 bridgehead atoms. The van der Waals surface area contributed by atoms with Crippen LogP contribution in [0.2, 0.25) is 0 Å². The lowest BCUT2D eigenvalue weighted by Crippen LogP contribution is -2.48. The molecule has 3 nitrogen and oxygen atoms in total. The molecule has 0 radical (unpaired) electrons. The average Bonchev–Trinajstić information content (AvgIpc) is 2.29. The van der Waals surface area contributed by atoms with Crippen LogP contribution in [0.4, 0.5) is 0 Å². The molecule has 0 aromatic carbocycles. The van der Waals surface area contributed by atoms with Crippen molar-refractivity contribution < 1.29 is 14.6 Å². The summed E-state index contributed by atoms with van der Waals surface area (Å²) in [7, 11) is 0. The van der Waals surface area contributed by atoms with E-state index in [0.717, 1.165) is 38.5 Å². The first-order valence-electron chi connectivity index (χ1n) is 6.24. The molecule has 0 aromatic heterocycles. The zero-order chi connectivity index (χ0) is 10.7. The highest BCUT2D eigenvalue weighted by Gasteiger charge is 2.41. The van der Waals surface area contributed by atoms with E-state index >= 15 is 0 Å². The van der Waals surface area contributed by atoms with Crippen LogP contribution >= 0.6 is 0 Å². The Morgan fingerprint density at radius 2 is 1.73 bits per heavy atom. The largest absolute Gasteiger partial charge is 0.394 e. The van der Waals surface area contributed by atoms with Crippen LogP contribution < -0.4 is 0 Å². The maximum absolute atomic E-state index is 9.15. The standard InChI is InChI=1S/C12H22O3/c1-2-10-5-3-7-12(14-10)8-4-6-11(9-13)15-12/h10-11,13H,2-9H2,1H3. The summed E-state index contributed by atoms with van der Waals surface area (Å²) in [5, 5.41) is 9.15. The van der Waals surface area contributed by atoms with E-state index in [1.165, 1.54) is 6.42 Å². The molecule has 0 amide bonds. The molecule has 2 aliphatic heterocycles. The van der Waals surface area contributed by atoms with Crippen molar-refractivity contribution in [3.63, 3.8) is 0 Å². The van der Waals surface area contributed by atoms with Crippen LogP contribution in [0.5, 0.6) is 0 Å². The molecule has 0 aliphatic carbocycles. The van der Waals surface area contributed by atoms with Crippen LogP contribution in [0.15, 0.2) is 0 Å². The van der Waals surface area contributed by atoms with Crippen molar-refractivity contribution in [3.8, 4) is 0 Å². The summed E-state index contributed by atoms with van der Waals surface area (Å²) >= 11 is 0. The minimum atomic E-state index is -0.357. The first-order chi connectivity index (χ1) is 7.28. The zero-order valence-electron chi connectivity index (χ0n) is 9.58. The van der Waals surface area contributed by atoms with Gasteiger partial charge in [-0.3, -0.25) is 0 Å². The van der Waals surface area contributed by atoms with Crippen LogP contribution in [0.1, 0.15) is 51.9 Å². The molecule has 3 heteroatoms. The molecule has 0 aromatic rings. The van der Waals surface area contributed by atoms with E-state index in [9.17, 15) is 0 Å². The van der Waals surface area contributed by atoms with Gasteiger partial charge in [-0.2, -0.15) is 0 Å². The number of hydrogen-bond donors (Lipinski definition) is 1. The number of aliphatic hydroxyl groups excluding tert-OH is 1. The lowest BCUT2D eigenvalue weighted by Gasteiger charge is -2.45. The normalized spacial score (nSPS) is 42.0. The molecule has 3 unspecified atom stereocenters. The van der Waals surface area contributed by atoms with Gasteiger partial charge in [0, 0.05) is 12.8 Å². The second-order valence-electron chi connectivity index (χ2n) is 4.77. The summed E-state index contributed by atoms with van der Waals surface area (Å²) in [6, 6.07) is 0. The van der Waals surface area contributed by atoms with Crippen molar-refractivity contribution in [2.45, 2.75) is 69.9 Å². The van der Waals surface area contributed by atoms with Gasteiger partial charge in [-0.1, -0.05) is 6.92 Å². The van der Waals surface area contributed by atoms with Crippen LogP contribution in [0.3, 0.4) is 0 Å². The van der Waals surface area contributed by atoms with Crippen LogP contribution in [0.25, 0.3) is 0 Å². The predicted molar refractivity (Wildman–Crippen MR) is 57.6 cm³/mol. The van der Waals surface area contributed by atoms with Gasteiger partial charge in [-0.15, -0.1) is 0 Å². The smallest absolute Gasteiger partial charge is 0.169 e. The van der Waals surface area contributed by atoms with E-state index < -0.39 is 0 Å². The second-order valence-corrected chi connectivity index (χ2v) is 4.77. The number of aliphatic hydroxyl groups is 1. The van der Waals surface area contributed by atoms with Gasteiger partial charge in [0.1, 0.15) is 0 Å². The predicted octanol–water partition coefficient (Wildman–Crippen LogP) is 2.22. The van der Waals surface area contributed by atoms with Crippen molar-refractivity contribution in [2.24, 2.45) is 0 Å². The Labute approximate surface area is 91.8 Å². The fourth-order valence-electron chi connectivity index (χ4n) is 2.73. The summed E-state index contributed by atoms with van der Waals surface area (Å²) in [5.74, 6) is -0.357. The van der Waals surface area contributed by atoms with Gasteiger partial charge in [-0.25, -0.2) is 0 Å². The summed E-state index contributed by atoms with van der Waals surface area (Å²) < 4.78 is 12.0. The molecule has 2 saturated heterocycles. The molecular weight excluding hydrogens is 192 g/mol. The lowest BCUT2D eigenvalue weighted by atomic mass is 9.92. The van der Waals surface area contributed by atoms with E-state index in [1.54, 1.807) is 0 Å². The molecule has 15 heavy (non-hydrogen) atoms.